The van der Waals surface area contributed by atoms with Gasteiger partial charge in [0, 0.05) is 0 Å². The Morgan fingerprint density at radius 1 is 0.406 bits per heavy atom. The number of allylic oxidation sites excluding steroid dienone is 8. The maximum Gasteiger partial charge on any atom is -0.0316 e. The summed E-state index contributed by atoms with van der Waals surface area (Å²) in [4.78, 5) is 0. The molecule has 0 fully saturated rings. The van der Waals surface area contributed by atoms with Crippen molar-refractivity contribution in [2.75, 3.05) is 0 Å². The first-order chi connectivity index (χ1) is 15.7. The second kappa shape index (κ2) is 26.2. The number of hydrogen-bond donors (Lipinski definition) is 0. The summed E-state index contributed by atoms with van der Waals surface area (Å²) in [6, 6.07) is 0. The van der Waals surface area contributed by atoms with Gasteiger partial charge in [-0.1, -0.05) is 115 Å². The molecule has 0 saturated heterocycles. The van der Waals surface area contributed by atoms with Crippen molar-refractivity contribution in [3.8, 4) is 0 Å². The minimum absolute atomic E-state index is 0.795. The molecular formula is C32H58. The first-order valence-electron chi connectivity index (χ1n) is 14.3. The monoisotopic (exact) mass is 442 g/mol. The fourth-order valence-electron chi connectivity index (χ4n) is 4.14. The Morgan fingerprint density at radius 2 is 0.750 bits per heavy atom. The van der Waals surface area contributed by atoms with Crippen LogP contribution in [0.5, 0.6) is 0 Å². The molecule has 0 aliphatic rings. The van der Waals surface area contributed by atoms with Crippen molar-refractivity contribution in [3.05, 3.63) is 48.6 Å². The summed E-state index contributed by atoms with van der Waals surface area (Å²) in [6.07, 6.45) is 42.7. The Kier molecular flexibility index (Phi) is 25.4. The van der Waals surface area contributed by atoms with Gasteiger partial charge in [0.1, 0.15) is 0 Å². The van der Waals surface area contributed by atoms with Crippen LogP contribution in [0.1, 0.15) is 143 Å². The van der Waals surface area contributed by atoms with Crippen LogP contribution in [0.25, 0.3) is 0 Å². The van der Waals surface area contributed by atoms with Crippen molar-refractivity contribution < 1.29 is 0 Å². The van der Waals surface area contributed by atoms with Gasteiger partial charge >= 0.3 is 0 Å². The first kappa shape index (κ1) is 31.0. The second-order valence-electron chi connectivity index (χ2n) is 9.90. The van der Waals surface area contributed by atoms with Crippen LogP contribution < -0.4 is 0 Å². The van der Waals surface area contributed by atoms with Gasteiger partial charge in [0.25, 0.3) is 0 Å². The number of rotatable bonds is 23. The molecule has 0 atom stereocenters. The van der Waals surface area contributed by atoms with Gasteiger partial charge in [0.15, 0.2) is 0 Å². The van der Waals surface area contributed by atoms with E-state index in [9.17, 15) is 0 Å². The summed E-state index contributed by atoms with van der Waals surface area (Å²) in [6.45, 7) is 9.35. The van der Waals surface area contributed by atoms with Crippen molar-refractivity contribution in [1.82, 2.24) is 0 Å². The van der Waals surface area contributed by atoms with Crippen LogP contribution in [0.3, 0.4) is 0 Å². The Bertz CT molecular complexity index is 422. The smallest absolute Gasteiger partial charge is 0.0316 e. The number of unbranched alkanes of at least 4 members (excludes halogenated alkanes) is 10. The molecule has 0 heteroatoms. The van der Waals surface area contributed by atoms with Gasteiger partial charge < -0.3 is 0 Å². The van der Waals surface area contributed by atoms with Gasteiger partial charge in [-0.3, -0.25) is 0 Å². The lowest BCUT2D eigenvalue weighted by atomic mass is 9.87. The summed E-state index contributed by atoms with van der Waals surface area (Å²) in [5.41, 5.74) is 0. The lowest BCUT2D eigenvalue weighted by Gasteiger charge is -2.19. The minimum Gasteiger partial charge on any atom is -0.0885 e. The molecule has 0 aliphatic heterocycles. The molecule has 0 spiro atoms. The average molecular weight is 443 g/mol. The van der Waals surface area contributed by atoms with Crippen molar-refractivity contribution in [2.45, 2.75) is 143 Å². The molecule has 0 N–H and O–H groups in total. The van der Waals surface area contributed by atoms with Crippen LogP contribution in [0.2, 0.25) is 0 Å². The van der Waals surface area contributed by atoms with E-state index in [0.717, 1.165) is 11.8 Å². The lowest BCUT2D eigenvalue weighted by Crippen LogP contribution is -2.08. The molecule has 32 heavy (non-hydrogen) atoms. The van der Waals surface area contributed by atoms with Gasteiger partial charge in [-0.25, -0.2) is 0 Å². The molecule has 0 unspecified atom stereocenters. The Balaban J connectivity index is 3.73. The summed E-state index contributed by atoms with van der Waals surface area (Å²) in [7, 11) is 0. The molecular weight excluding hydrogens is 384 g/mol. The average Bonchev–Trinajstić information content (AvgIpc) is 2.78. The van der Waals surface area contributed by atoms with Crippen LogP contribution in [0.4, 0.5) is 0 Å². The molecule has 0 aliphatic carbocycles. The highest BCUT2D eigenvalue weighted by Crippen LogP contribution is 2.23. The van der Waals surface area contributed by atoms with Gasteiger partial charge in [0.2, 0.25) is 0 Å². The van der Waals surface area contributed by atoms with Crippen molar-refractivity contribution in [1.29, 1.82) is 0 Å². The van der Waals surface area contributed by atoms with Gasteiger partial charge in [-0.05, 0) is 88.9 Å². The fraction of sp³-hybridized carbons (Fsp3) is 0.750. The first-order valence-corrected chi connectivity index (χ1v) is 14.3. The van der Waals surface area contributed by atoms with E-state index in [1.165, 1.54) is 116 Å². The third-order valence-corrected chi connectivity index (χ3v) is 6.47. The fourth-order valence-corrected chi connectivity index (χ4v) is 4.14. The minimum atomic E-state index is 0.795. The maximum atomic E-state index is 2.43. The quantitative estimate of drug-likeness (QED) is 0.109. The Labute approximate surface area is 203 Å². The van der Waals surface area contributed by atoms with Gasteiger partial charge in [0.05, 0.1) is 0 Å². The van der Waals surface area contributed by atoms with E-state index in [1.807, 2.05) is 0 Å². The van der Waals surface area contributed by atoms with E-state index in [0.29, 0.717) is 0 Å². The summed E-state index contributed by atoms with van der Waals surface area (Å²) >= 11 is 0. The Morgan fingerprint density at radius 3 is 1.09 bits per heavy atom. The molecule has 0 aromatic heterocycles. The molecule has 0 aromatic carbocycles. The molecule has 0 amide bonds. The van der Waals surface area contributed by atoms with Crippen LogP contribution in [0, 0.1) is 11.8 Å². The van der Waals surface area contributed by atoms with Gasteiger partial charge in [-0.15, -0.1) is 0 Å². The van der Waals surface area contributed by atoms with E-state index >= 15 is 0 Å². The normalized spacial score (nSPS) is 12.8. The highest BCUT2D eigenvalue weighted by atomic mass is 14.2. The predicted octanol–water partition coefficient (Wildman–Crippen LogP) is 11.5. The standard InChI is InChI=1S/C32H58/c1-5-7-9-11-13-15-17-19-21-23-25-27-29-32(31(3)4)30-28-26-24-22-20-18-16-14-12-10-8-6-2/h15-18,23-26,31-32H,5-14,19-22,27-30H2,1-4H3/b17-15+,18-16+,25-23+,26-24+. The van der Waals surface area contributed by atoms with Crippen molar-refractivity contribution in [3.63, 3.8) is 0 Å². The predicted molar refractivity (Wildman–Crippen MR) is 149 cm³/mol. The topological polar surface area (TPSA) is 0 Å². The third kappa shape index (κ3) is 23.6. The molecule has 0 heterocycles. The molecule has 0 rings (SSSR count). The third-order valence-electron chi connectivity index (χ3n) is 6.47. The highest BCUT2D eigenvalue weighted by Gasteiger charge is 2.11. The zero-order valence-electron chi connectivity index (χ0n) is 22.5. The van der Waals surface area contributed by atoms with Crippen molar-refractivity contribution >= 4 is 0 Å². The van der Waals surface area contributed by atoms with E-state index in [-0.39, 0.29) is 0 Å². The van der Waals surface area contributed by atoms with E-state index in [4.69, 9.17) is 0 Å². The maximum absolute atomic E-state index is 2.43. The molecule has 0 aromatic rings. The Hall–Kier alpha value is -1.04. The highest BCUT2D eigenvalue weighted by molar-refractivity contribution is 4.90. The zero-order valence-corrected chi connectivity index (χ0v) is 22.5. The van der Waals surface area contributed by atoms with E-state index in [2.05, 4.69) is 76.3 Å². The molecule has 0 radical (unpaired) electrons. The molecule has 0 saturated carbocycles. The largest absolute Gasteiger partial charge is 0.0885 e. The van der Waals surface area contributed by atoms with Crippen LogP contribution in [0.15, 0.2) is 48.6 Å². The lowest BCUT2D eigenvalue weighted by molar-refractivity contribution is 0.341. The van der Waals surface area contributed by atoms with E-state index < -0.39 is 0 Å². The molecule has 0 bridgehead atoms. The molecule has 0 nitrogen and oxygen atoms in total. The second-order valence-corrected chi connectivity index (χ2v) is 9.90. The van der Waals surface area contributed by atoms with Crippen LogP contribution >= 0.6 is 0 Å². The van der Waals surface area contributed by atoms with Crippen molar-refractivity contribution in [2.24, 2.45) is 11.8 Å². The SMILES string of the molecule is CCCCCC/C=C/CC/C=C/CCC(CC/C=C/CC/C=C/CCCCCC)C(C)C. The van der Waals surface area contributed by atoms with Gasteiger partial charge in [-0.2, -0.15) is 0 Å². The number of hydrogen-bond acceptors (Lipinski definition) is 0. The van der Waals surface area contributed by atoms with E-state index in [1.54, 1.807) is 0 Å². The summed E-state index contributed by atoms with van der Waals surface area (Å²) < 4.78 is 0. The molecule has 186 valence electrons. The van der Waals surface area contributed by atoms with Crippen LogP contribution in [-0.2, 0) is 0 Å². The van der Waals surface area contributed by atoms with Crippen LogP contribution in [-0.4, -0.2) is 0 Å². The zero-order chi connectivity index (χ0) is 23.5. The summed E-state index contributed by atoms with van der Waals surface area (Å²) in [5, 5.41) is 0. The summed E-state index contributed by atoms with van der Waals surface area (Å²) in [5.74, 6) is 1.65.